The van der Waals surface area contributed by atoms with Crippen LogP contribution in [0.25, 0.3) is 11.0 Å². The van der Waals surface area contributed by atoms with Crippen LogP contribution in [-0.4, -0.2) is 75.9 Å². The Balaban J connectivity index is 1.20. The summed E-state index contributed by atoms with van der Waals surface area (Å²) in [5, 5.41) is 1.13. The summed E-state index contributed by atoms with van der Waals surface area (Å²) in [6, 6.07) is 2.78. The molecule has 1 saturated heterocycles. The fraction of sp³-hybridized carbons (Fsp3) is 0.600. The van der Waals surface area contributed by atoms with Gasteiger partial charge in [-0.1, -0.05) is 6.42 Å². The number of pyridine rings is 1. The first-order chi connectivity index (χ1) is 13.2. The van der Waals surface area contributed by atoms with Crippen molar-refractivity contribution in [3.8, 4) is 0 Å². The minimum Gasteiger partial charge on any atom is -0.397 e. The molecule has 7 nitrogen and oxygen atoms in total. The number of carbonyl (C=O) groups is 1. The number of nitrogens with one attached hydrogen (secondary N) is 1. The van der Waals surface area contributed by atoms with Crippen molar-refractivity contribution in [1.82, 2.24) is 24.7 Å². The van der Waals surface area contributed by atoms with E-state index in [1.807, 2.05) is 6.07 Å². The number of hydrogen-bond donors (Lipinski definition) is 2. The van der Waals surface area contributed by atoms with Gasteiger partial charge in [0, 0.05) is 56.4 Å². The first-order valence-electron chi connectivity index (χ1n) is 10.2. The largest absolute Gasteiger partial charge is 0.397 e. The molecule has 0 bridgehead atoms. The van der Waals surface area contributed by atoms with Gasteiger partial charge in [0.15, 0.2) is 0 Å². The van der Waals surface area contributed by atoms with Crippen LogP contribution in [-0.2, 0) is 17.8 Å². The Kier molecular flexibility index (Phi) is 4.28. The lowest BCUT2D eigenvalue weighted by Crippen LogP contribution is -2.55. The van der Waals surface area contributed by atoms with Gasteiger partial charge >= 0.3 is 0 Å². The number of rotatable bonds is 3. The number of carbonyl (C=O) groups excluding carboxylic acids is 1. The number of amides is 1. The number of nitrogens with two attached hydrogens (primary N) is 1. The molecule has 3 N–H and O–H groups in total. The quantitative estimate of drug-likeness (QED) is 0.851. The van der Waals surface area contributed by atoms with Crippen LogP contribution < -0.4 is 5.73 Å². The maximum Gasteiger partial charge on any atom is 0.236 e. The molecule has 0 atom stereocenters. The molecule has 1 amide bonds. The third-order valence-corrected chi connectivity index (χ3v) is 6.54. The fourth-order valence-corrected chi connectivity index (χ4v) is 4.70. The molecule has 0 aromatic carbocycles. The summed E-state index contributed by atoms with van der Waals surface area (Å²) in [6.07, 6.45) is 6.68. The Morgan fingerprint density at radius 2 is 2.04 bits per heavy atom. The number of nitrogens with zero attached hydrogens (tertiary/aromatic N) is 4. The third-order valence-electron chi connectivity index (χ3n) is 6.54. The predicted molar refractivity (Wildman–Crippen MR) is 105 cm³/mol. The highest BCUT2D eigenvalue weighted by molar-refractivity contribution is 5.84. The molecule has 4 heterocycles. The summed E-state index contributed by atoms with van der Waals surface area (Å²) in [5.41, 5.74) is 9.97. The second-order valence-electron chi connectivity index (χ2n) is 8.21. The highest BCUT2D eigenvalue weighted by Crippen LogP contribution is 2.28. The highest BCUT2D eigenvalue weighted by Gasteiger charge is 2.30. The molecular weight excluding hydrogens is 340 g/mol. The number of aromatic amines is 1. The van der Waals surface area contributed by atoms with E-state index in [-0.39, 0.29) is 5.91 Å². The Bertz CT molecular complexity index is 850. The fourth-order valence-electron chi connectivity index (χ4n) is 4.70. The van der Waals surface area contributed by atoms with Gasteiger partial charge in [-0.05, 0) is 30.9 Å². The average molecular weight is 368 g/mol. The van der Waals surface area contributed by atoms with Crippen molar-refractivity contribution >= 4 is 22.6 Å². The minimum absolute atomic E-state index is 0.269. The molecule has 2 aliphatic heterocycles. The number of H-pyrrole nitrogens is 1. The summed E-state index contributed by atoms with van der Waals surface area (Å²) in [4.78, 5) is 27.5. The smallest absolute Gasteiger partial charge is 0.236 e. The van der Waals surface area contributed by atoms with Crippen LogP contribution in [0.4, 0.5) is 5.69 Å². The van der Waals surface area contributed by atoms with Crippen LogP contribution in [0.3, 0.4) is 0 Å². The number of aromatic nitrogens is 2. The van der Waals surface area contributed by atoms with Crippen molar-refractivity contribution in [3.63, 3.8) is 0 Å². The second kappa shape index (κ2) is 6.80. The van der Waals surface area contributed by atoms with Gasteiger partial charge in [0.2, 0.25) is 5.91 Å². The van der Waals surface area contributed by atoms with Crippen molar-refractivity contribution in [2.45, 2.75) is 38.3 Å². The zero-order valence-corrected chi connectivity index (χ0v) is 15.8. The van der Waals surface area contributed by atoms with Crippen molar-refractivity contribution in [2.24, 2.45) is 0 Å². The summed E-state index contributed by atoms with van der Waals surface area (Å²) in [5.74, 6) is 0.269. The molecule has 0 unspecified atom stereocenters. The lowest BCUT2D eigenvalue weighted by atomic mass is 9.91. The van der Waals surface area contributed by atoms with Gasteiger partial charge in [-0.2, -0.15) is 0 Å². The van der Waals surface area contributed by atoms with Gasteiger partial charge in [-0.25, -0.2) is 4.98 Å². The van der Waals surface area contributed by atoms with Crippen LogP contribution >= 0.6 is 0 Å². The van der Waals surface area contributed by atoms with Crippen LogP contribution in [0, 0.1) is 0 Å². The molecule has 3 aliphatic rings. The van der Waals surface area contributed by atoms with E-state index < -0.39 is 0 Å². The summed E-state index contributed by atoms with van der Waals surface area (Å²) < 4.78 is 0. The predicted octanol–water partition coefficient (Wildman–Crippen LogP) is 1.20. The standard InChI is InChI=1S/C20H28N6O/c21-14-10-17-16-4-5-24(12-18(16)23-20(17)22-11-14)13-19(27)26-8-6-25(7-9-26)15-2-1-3-15/h10-11,15H,1-9,12-13,21H2,(H,22,23). The first kappa shape index (κ1) is 17.0. The van der Waals surface area contributed by atoms with Gasteiger partial charge in [-0.3, -0.25) is 14.6 Å². The van der Waals surface area contributed by atoms with E-state index in [0.29, 0.717) is 12.2 Å². The number of nitrogen functional groups attached to an aromatic ring is 1. The van der Waals surface area contributed by atoms with Gasteiger partial charge < -0.3 is 15.6 Å². The maximum absolute atomic E-state index is 12.8. The Hall–Kier alpha value is -2.12. The zero-order valence-electron chi connectivity index (χ0n) is 15.8. The van der Waals surface area contributed by atoms with E-state index in [1.165, 1.54) is 30.5 Å². The van der Waals surface area contributed by atoms with E-state index in [1.54, 1.807) is 6.20 Å². The zero-order chi connectivity index (χ0) is 18.4. The third kappa shape index (κ3) is 3.19. The molecule has 0 radical (unpaired) electrons. The minimum atomic E-state index is 0.269. The molecule has 0 spiro atoms. The number of piperazine rings is 1. The van der Waals surface area contributed by atoms with Crippen LogP contribution in [0.2, 0.25) is 0 Å². The first-order valence-corrected chi connectivity index (χ1v) is 10.2. The number of anilines is 1. The summed E-state index contributed by atoms with van der Waals surface area (Å²) >= 11 is 0. The van der Waals surface area contributed by atoms with E-state index in [9.17, 15) is 4.79 Å². The average Bonchev–Trinajstić information content (AvgIpc) is 2.98. The lowest BCUT2D eigenvalue weighted by Gasteiger charge is -2.43. The van der Waals surface area contributed by atoms with E-state index in [2.05, 4.69) is 24.7 Å². The molecule has 1 aliphatic carbocycles. The molecule has 27 heavy (non-hydrogen) atoms. The van der Waals surface area contributed by atoms with Crippen LogP contribution in [0.15, 0.2) is 12.3 Å². The molecule has 5 rings (SSSR count). The molecule has 144 valence electrons. The molecule has 7 heteroatoms. The molecule has 2 aromatic rings. The van der Waals surface area contributed by atoms with Gasteiger partial charge in [0.05, 0.1) is 18.4 Å². The Morgan fingerprint density at radius 3 is 2.78 bits per heavy atom. The molecular formula is C20H28N6O. The summed E-state index contributed by atoms with van der Waals surface area (Å²) in [6.45, 7) is 6.02. The molecule has 2 fully saturated rings. The van der Waals surface area contributed by atoms with Crippen molar-refractivity contribution < 1.29 is 4.79 Å². The van der Waals surface area contributed by atoms with Gasteiger partial charge in [-0.15, -0.1) is 0 Å². The van der Waals surface area contributed by atoms with E-state index in [0.717, 1.165) is 62.8 Å². The second-order valence-corrected chi connectivity index (χ2v) is 8.21. The van der Waals surface area contributed by atoms with Gasteiger partial charge in [0.25, 0.3) is 0 Å². The highest BCUT2D eigenvalue weighted by atomic mass is 16.2. The number of fused-ring (bicyclic) bond motifs is 3. The Labute approximate surface area is 159 Å². The van der Waals surface area contributed by atoms with Crippen LogP contribution in [0.5, 0.6) is 0 Å². The van der Waals surface area contributed by atoms with Crippen molar-refractivity contribution in [1.29, 1.82) is 0 Å². The van der Waals surface area contributed by atoms with E-state index >= 15 is 0 Å². The van der Waals surface area contributed by atoms with Crippen LogP contribution in [0.1, 0.15) is 30.5 Å². The number of hydrogen-bond acceptors (Lipinski definition) is 5. The lowest BCUT2D eigenvalue weighted by molar-refractivity contribution is -0.135. The topological polar surface area (TPSA) is 81.5 Å². The SMILES string of the molecule is Nc1cnc2[nH]c3c(c2c1)CCN(CC(=O)N1CCN(C2CCC2)CC1)C3. The molecule has 2 aromatic heterocycles. The molecule has 1 saturated carbocycles. The Morgan fingerprint density at radius 1 is 1.22 bits per heavy atom. The summed E-state index contributed by atoms with van der Waals surface area (Å²) in [7, 11) is 0. The van der Waals surface area contributed by atoms with Gasteiger partial charge in [0.1, 0.15) is 5.65 Å². The van der Waals surface area contributed by atoms with E-state index in [4.69, 9.17) is 5.73 Å². The van der Waals surface area contributed by atoms with Crippen molar-refractivity contribution in [2.75, 3.05) is 45.0 Å². The van der Waals surface area contributed by atoms with Crippen molar-refractivity contribution in [3.05, 3.63) is 23.5 Å². The monoisotopic (exact) mass is 368 g/mol. The maximum atomic E-state index is 12.8. The normalized spacial score (nSPS) is 22.0.